The maximum absolute atomic E-state index is 14.2. The molecule has 0 amide bonds. The van der Waals surface area contributed by atoms with Crippen LogP contribution in [0.3, 0.4) is 0 Å². The molecule has 21 heavy (non-hydrogen) atoms. The molecule has 2 heterocycles. The average molecular weight is 306 g/mol. The number of alkyl halides is 1. The lowest BCUT2D eigenvalue weighted by atomic mass is 10.3. The lowest BCUT2D eigenvalue weighted by molar-refractivity contribution is 0.399. The largest absolute Gasteiger partial charge is 0.481 e. The van der Waals surface area contributed by atoms with E-state index in [0.29, 0.717) is 28.6 Å². The minimum Gasteiger partial charge on any atom is -0.481 e. The van der Waals surface area contributed by atoms with E-state index in [4.69, 9.17) is 16.3 Å². The Morgan fingerprint density at radius 2 is 1.95 bits per heavy atom. The van der Waals surface area contributed by atoms with Crippen molar-refractivity contribution in [3.05, 3.63) is 48.0 Å². The molecule has 0 spiro atoms. The van der Waals surface area contributed by atoms with E-state index in [1.807, 2.05) is 0 Å². The Morgan fingerprint density at radius 1 is 1.19 bits per heavy atom. The summed E-state index contributed by atoms with van der Waals surface area (Å²) < 4.78 is 20.9. The molecule has 2 aromatic heterocycles. The molecule has 4 nitrogen and oxygen atoms in total. The monoisotopic (exact) mass is 305 g/mol. The van der Waals surface area contributed by atoms with E-state index in [9.17, 15) is 4.39 Å². The molecular weight excluding hydrogens is 293 g/mol. The van der Waals surface area contributed by atoms with Crippen LogP contribution in [0.25, 0.3) is 16.9 Å². The number of para-hydroxylation sites is 1. The van der Waals surface area contributed by atoms with Gasteiger partial charge in [-0.1, -0.05) is 12.1 Å². The summed E-state index contributed by atoms with van der Waals surface area (Å²) in [6.07, 6.45) is 0. The SMILES string of the molecule is COc1ccc2nc(C(C)Cl)n(-c3ccccc3F)c2n1. The highest BCUT2D eigenvalue weighted by Gasteiger charge is 2.19. The second kappa shape index (κ2) is 5.33. The van der Waals surface area contributed by atoms with Crippen molar-refractivity contribution in [1.82, 2.24) is 14.5 Å². The summed E-state index contributed by atoms with van der Waals surface area (Å²) in [7, 11) is 1.53. The first-order valence-electron chi connectivity index (χ1n) is 6.44. The van der Waals surface area contributed by atoms with Crippen LogP contribution >= 0.6 is 11.6 Å². The summed E-state index contributed by atoms with van der Waals surface area (Å²) in [6, 6.07) is 9.94. The number of hydrogen-bond donors (Lipinski definition) is 0. The molecule has 3 rings (SSSR count). The van der Waals surface area contributed by atoms with Gasteiger partial charge in [-0.15, -0.1) is 11.6 Å². The van der Waals surface area contributed by atoms with Crippen molar-refractivity contribution in [2.75, 3.05) is 7.11 Å². The van der Waals surface area contributed by atoms with Crippen LogP contribution in [0.5, 0.6) is 5.88 Å². The highest BCUT2D eigenvalue weighted by molar-refractivity contribution is 6.20. The highest BCUT2D eigenvalue weighted by Crippen LogP contribution is 2.29. The van der Waals surface area contributed by atoms with Crippen LogP contribution in [0.4, 0.5) is 4.39 Å². The van der Waals surface area contributed by atoms with Crippen LogP contribution in [-0.4, -0.2) is 21.6 Å². The van der Waals surface area contributed by atoms with Gasteiger partial charge >= 0.3 is 0 Å². The molecule has 1 aromatic carbocycles. The lowest BCUT2D eigenvalue weighted by Crippen LogP contribution is -2.05. The van der Waals surface area contributed by atoms with Gasteiger partial charge in [-0.25, -0.2) is 9.37 Å². The lowest BCUT2D eigenvalue weighted by Gasteiger charge is -2.11. The predicted octanol–water partition coefficient (Wildman–Crippen LogP) is 3.87. The second-order valence-electron chi connectivity index (χ2n) is 4.57. The van der Waals surface area contributed by atoms with Crippen LogP contribution in [0.2, 0.25) is 0 Å². The van der Waals surface area contributed by atoms with Crippen LogP contribution < -0.4 is 4.74 Å². The number of fused-ring (bicyclic) bond motifs is 1. The zero-order valence-corrected chi connectivity index (χ0v) is 12.3. The Kier molecular flexibility index (Phi) is 3.51. The molecule has 0 aliphatic heterocycles. The third kappa shape index (κ3) is 2.34. The van der Waals surface area contributed by atoms with E-state index in [0.717, 1.165) is 0 Å². The Morgan fingerprint density at radius 3 is 2.62 bits per heavy atom. The summed E-state index contributed by atoms with van der Waals surface area (Å²) in [6.45, 7) is 1.79. The molecule has 0 aliphatic carbocycles. The van der Waals surface area contributed by atoms with E-state index in [-0.39, 0.29) is 11.2 Å². The van der Waals surface area contributed by atoms with Gasteiger partial charge in [0.15, 0.2) is 5.65 Å². The Balaban J connectivity index is 2.37. The molecule has 0 saturated carbocycles. The Bertz CT molecular complexity index is 801. The van der Waals surface area contributed by atoms with E-state index < -0.39 is 0 Å². The summed E-state index contributed by atoms with van der Waals surface area (Å²) in [5.41, 5.74) is 1.52. The number of methoxy groups -OCH3 is 1. The third-order valence-corrected chi connectivity index (χ3v) is 3.36. The first kappa shape index (κ1) is 13.8. The van der Waals surface area contributed by atoms with Crippen LogP contribution in [-0.2, 0) is 0 Å². The molecule has 0 radical (unpaired) electrons. The van der Waals surface area contributed by atoms with E-state index in [2.05, 4.69) is 9.97 Å². The summed E-state index contributed by atoms with van der Waals surface area (Å²) in [4.78, 5) is 8.82. The van der Waals surface area contributed by atoms with Gasteiger partial charge in [0.1, 0.15) is 17.2 Å². The molecular formula is C15H13ClFN3O. The number of rotatable bonds is 3. The van der Waals surface area contributed by atoms with Gasteiger partial charge in [-0.3, -0.25) is 4.57 Å². The average Bonchev–Trinajstić information content (AvgIpc) is 2.86. The number of pyridine rings is 1. The maximum atomic E-state index is 14.2. The van der Waals surface area contributed by atoms with Crippen molar-refractivity contribution in [1.29, 1.82) is 0 Å². The number of ether oxygens (including phenoxy) is 1. The fourth-order valence-corrected chi connectivity index (χ4v) is 2.35. The minimum absolute atomic E-state index is 0.361. The Labute approximate surface area is 126 Å². The van der Waals surface area contributed by atoms with E-state index in [1.165, 1.54) is 13.2 Å². The molecule has 3 aromatic rings. The third-order valence-electron chi connectivity index (χ3n) is 3.16. The van der Waals surface area contributed by atoms with Crippen LogP contribution in [0.1, 0.15) is 18.1 Å². The van der Waals surface area contributed by atoms with Crippen LogP contribution in [0, 0.1) is 5.82 Å². The summed E-state index contributed by atoms with van der Waals surface area (Å²) in [5.74, 6) is 0.617. The first-order valence-corrected chi connectivity index (χ1v) is 6.88. The number of nitrogens with zero attached hydrogens (tertiary/aromatic N) is 3. The molecule has 1 atom stereocenters. The molecule has 0 saturated heterocycles. The summed E-state index contributed by atoms with van der Waals surface area (Å²) >= 11 is 6.19. The van der Waals surface area contributed by atoms with Gasteiger partial charge in [0, 0.05) is 6.07 Å². The molecule has 1 unspecified atom stereocenters. The van der Waals surface area contributed by atoms with Crippen molar-refractivity contribution < 1.29 is 9.13 Å². The topological polar surface area (TPSA) is 39.9 Å². The number of aromatic nitrogens is 3. The zero-order valence-electron chi connectivity index (χ0n) is 11.5. The van der Waals surface area contributed by atoms with Gasteiger partial charge in [0.05, 0.1) is 18.2 Å². The van der Waals surface area contributed by atoms with Crippen molar-refractivity contribution in [2.45, 2.75) is 12.3 Å². The van der Waals surface area contributed by atoms with Gasteiger partial charge in [0.25, 0.3) is 0 Å². The van der Waals surface area contributed by atoms with Crippen molar-refractivity contribution in [2.24, 2.45) is 0 Å². The van der Waals surface area contributed by atoms with Crippen molar-refractivity contribution in [3.8, 4) is 11.6 Å². The first-order chi connectivity index (χ1) is 10.1. The van der Waals surface area contributed by atoms with Crippen LogP contribution in [0.15, 0.2) is 36.4 Å². The standard InChI is InChI=1S/C15H13ClFN3O/c1-9(16)14-18-11-7-8-13(21-2)19-15(11)20(14)12-6-4-3-5-10(12)17/h3-9H,1-2H3. The fraction of sp³-hybridized carbons (Fsp3) is 0.200. The maximum Gasteiger partial charge on any atom is 0.215 e. The molecule has 0 fully saturated rings. The van der Waals surface area contributed by atoms with Gasteiger partial charge in [-0.2, -0.15) is 4.98 Å². The van der Waals surface area contributed by atoms with Gasteiger partial charge < -0.3 is 4.74 Å². The molecule has 0 aliphatic rings. The Hall–Kier alpha value is -2.14. The number of imidazole rings is 1. The van der Waals surface area contributed by atoms with Gasteiger partial charge in [0.2, 0.25) is 5.88 Å². The van der Waals surface area contributed by atoms with E-state index in [1.54, 1.807) is 41.8 Å². The molecule has 0 N–H and O–H groups in total. The smallest absolute Gasteiger partial charge is 0.215 e. The zero-order chi connectivity index (χ0) is 15.0. The second-order valence-corrected chi connectivity index (χ2v) is 5.22. The normalized spacial score (nSPS) is 12.6. The number of benzene rings is 1. The number of hydrogen-bond acceptors (Lipinski definition) is 3. The quantitative estimate of drug-likeness (QED) is 0.690. The molecule has 0 bridgehead atoms. The van der Waals surface area contributed by atoms with E-state index >= 15 is 0 Å². The summed E-state index contributed by atoms with van der Waals surface area (Å²) in [5, 5.41) is -0.384. The predicted molar refractivity (Wildman–Crippen MR) is 79.6 cm³/mol. The van der Waals surface area contributed by atoms with Crippen molar-refractivity contribution >= 4 is 22.8 Å². The van der Waals surface area contributed by atoms with Crippen molar-refractivity contribution in [3.63, 3.8) is 0 Å². The fourth-order valence-electron chi connectivity index (χ4n) is 2.21. The highest BCUT2D eigenvalue weighted by atomic mass is 35.5. The van der Waals surface area contributed by atoms with Gasteiger partial charge in [-0.05, 0) is 25.1 Å². The minimum atomic E-state index is -0.384. The molecule has 6 heteroatoms. The number of halogens is 2. The molecule has 108 valence electrons.